The minimum atomic E-state index is 0.405. The van der Waals surface area contributed by atoms with Gasteiger partial charge in [-0.05, 0) is 43.8 Å². The molecule has 1 N–H and O–H groups in total. The Hall–Kier alpha value is -0.770. The van der Waals surface area contributed by atoms with E-state index in [0.29, 0.717) is 11.1 Å². The van der Waals surface area contributed by atoms with Crippen LogP contribution in [0.5, 0.6) is 0 Å². The van der Waals surface area contributed by atoms with Crippen molar-refractivity contribution in [2.45, 2.75) is 26.3 Å². The maximum Gasteiger partial charge on any atom is 0.135 e. The Balaban J connectivity index is 2.18. The third-order valence-electron chi connectivity index (χ3n) is 2.92. The quantitative estimate of drug-likeness (QED) is 0.835. The maximum absolute atomic E-state index is 6.20. The summed E-state index contributed by atoms with van der Waals surface area (Å²) in [5.74, 6) is 1.78. The molecule has 19 heavy (non-hydrogen) atoms. The van der Waals surface area contributed by atoms with Gasteiger partial charge in [-0.2, -0.15) is 0 Å². The molecule has 0 aliphatic carbocycles. The standard InChI is InChI=1S/C15H17BrClNO/c1-3-18-10(2)8-12-5-7-15(19-12)13-9-11(16)4-6-14(13)17/h4-7,9-10,18H,3,8H2,1-2H3. The second-order valence-electron chi connectivity index (χ2n) is 4.55. The van der Waals surface area contributed by atoms with E-state index in [1.165, 1.54) is 0 Å². The van der Waals surface area contributed by atoms with Crippen molar-refractivity contribution in [3.63, 3.8) is 0 Å². The summed E-state index contributed by atoms with van der Waals surface area (Å²) in [6, 6.07) is 10.1. The first-order valence-corrected chi connectivity index (χ1v) is 7.54. The predicted molar refractivity (Wildman–Crippen MR) is 83.7 cm³/mol. The van der Waals surface area contributed by atoms with Gasteiger partial charge in [0.2, 0.25) is 0 Å². The van der Waals surface area contributed by atoms with Crippen molar-refractivity contribution < 1.29 is 4.42 Å². The van der Waals surface area contributed by atoms with E-state index >= 15 is 0 Å². The van der Waals surface area contributed by atoms with Gasteiger partial charge in [0.05, 0.1) is 5.02 Å². The highest BCUT2D eigenvalue weighted by Gasteiger charge is 2.11. The molecule has 0 saturated carbocycles. The van der Waals surface area contributed by atoms with E-state index in [9.17, 15) is 0 Å². The molecule has 0 saturated heterocycles. The lowest BCUT2D eigenvalue weighted by Gasteiger charge is -2.09. The van der Waals surface area contributed by atoms with Gasteiger partial charge in [-0.3, -0.25) is 0 Å². The Morgan fingerprint density at radius 2 is 2.11 bits per heavy atom. The summed E-state index contributed by atoms with van der Waals surface area (Å²) in [6.45, 7) is 5.22. The minimum Gasteiger partial charge on any atom is -0.461 e. The van der Waals surface area contributed by atoms with Crippen molar-refractivity contribution in [3.8, 4) is 11.3 Å². The summed E-state index contributed by atoms with van der Waals surface area (Å²) in [4.78, 5) is 0. The maximum atomic E-state index is 6.20. The Morgan fingerprint density at radius 3 is 2.84 bits per heavy atom. The van der Waals surface area contributed by atoms with Crippen LogP contribution < -0.4 is 5.32 Å². The Labute approximate surface area is 127 Å². The minimum absolute atomic E-state index is 0.405. The fraction of sp³-hybridized carbons (Fsp3) is 0.333. The molecule has 1 atom stereocenters. The van der Waals surface area contributed by atoms with Gasteiger partial charge in [0.1, 0.15) is 11.5 Å². The molecule has 2 rings (SSSR count). The molecule has 2 aromatic rings. The second kappa shape index (κ2) is 6.60. The first kappa shape index (κ1) is 14.6. The molecular formula is C15H17BrClNO. The van der Waals surface area contributed by atoms with Gasteiger partial charge in [-0.15, -0.1) is 0 Å². The fourth-order valence-electron chi connectivity index (χ4n) is 2.04. The van der Waals surface area contributed by atoms with Crippen LogP contribution in [0.15, 0.2) is 39.2 Å². The topological polar surface area (TPSA) is 25.2 Å². The first-order chi connectivity index (χ1) is 9.10. The molecule has 1 unspecified atom stereocenters. The average molecular weight is 343 g/mol. The molecule has 0 radical (unpaired) electrons. The van der Waals surface area contributed by atoms with Crippen molar-refractivity contribution >= 4 is 27.5 Å². The first-order valence-electron chi connectivity index (χ1n) is 6.37. The van der Waals surface area contributed by atoms with Crippen LogP contribution in [0.1, 0.15) is 19.6 Å². The van der Waals surface area contributed by atoms with Crippen molar-refractivity contribution in [3.05, 3.63) is 45.6 Å². The van der Waals surface area contributed by atoms with Gasteiger partial charge in [-0.1, -0.05) is 34.5 Å². The monoisotopic (exact) mass is 341 g/mol. The largest absolute Gasteiger partial charge is 0.461 e. The van der Waals surface area contributed by atoms with E-state index in [0.717, 1.165) is 34.5 Å². The van der Waals surface area contributed by atoms with E-state index in [1.54, 1.807) is 0 Å². The molecule has 0 spiro atoms. The van der Waals surface area contributed by atoms with Gasteiger partial charge in [0.25, 0.3) is 0 Å². The van der Waals surface area contributed by atoms with E-state index < -0.39 is 0 Å². The van der Waals surface area contributed by atoms with Crippen LogP contribution in [0.3, 0.4) is 0 Å². The van der Waals surface area contributed by atoms with Crippen LogP contribution in [0.4, 0.5) is 0 Å². The molecule has 2 nitrogen and oxygen atoms in total. The van der Waals surface area contributed by atoms with Crippen LogP contribution in [0.25, 0.3) is 11.3 Å². The average Bonchev–Trinajstić information content (AvgIpc) is 2.81. The molecule has 102 valence electrons. The normalized spacial score (nSPS) is 12.6. The van der Waals surface area contributed by atoms with Crippen LogP contribution in [0, 0.1) is 0 Å². The Bertz CT molecular complexity index is 553. The molecule has 0 bridgehead atoms. The zero-order valence-electron chi connectivity index (χ0n) is 11.0. The van der Waals surface area contributed by atoms with E-state index in [4.69, 9.17) is 16.0 Å². The highest BCUT2D eigenvalue weighted by molar-refractivity contribution is 9.10. The molecule has 1 aromatic heterocycles. The summed E-state index contributed by atoms with van der Waals surface area (Å²) in [5.41, 5.74) is 0.915. The smallest absolute Gasteiger partial charge is 0.135 e. The number of benzene rings is 1. The van der Waals surface area contributed by atoms with Crippen LogP contribution in [0.2, 0.25) is 5.02 Å². The number of hydrogen-bond acceptors (Lipinski definition) is 2. The Morgan fingerprint density at radius 1 is 1.32 bits per heavy atom. The third kappa shape index (κ3) is 3.85. The number of likely N-dealkylation sites (N-methyl/N-ethyl adjacent to an activating group) is 1. The number of furan rings is 1. The van der Waals surface area contributed by atoms with Gasteiger partial charge in [0.15, 0.2) is 0 Å². The van der Waals surface area contributed by atoms with Crippen molar-refractivity contribution in [1.82, 2.24) is 5.32 Å². The van der Waals surface area contributed by atoms with Gasteiger partial charge in [0, 0.05) is 22.5 Å². The molecule has 1 aromatic carbocycles. The molecule has 1 heterocycles. The summed E-state index contributed by atoms with van der Waals surface area (Å²) >= 11 is 9.65. The SMILES string of the molecule is CCNC(C)Cc1ccc(-c2cc(Br)ccc2Cl)o1. The zero-order chi connectivity index (χ0) is 13.8. The summed E-state index contributed by atoms with van der Waals surface area (Å²) < 4.78 is 6.87. The lowest BCUT2D eigenvalue weighted by atomic mass is 10.2. The number of hydrogen-bond donors (Lipinski definition) is 1. The summed E-state index contributed by atoms with van der Waals surface area (Å²) in [5, 5.41) is 4.07. The third-order valence-corrected chi connectivity index (χ3v) is 3.74. The summed E-state index contributed by atoms with van der Waals surface area (Å²) in [6.07, 6.45) is 0.874. The van der Waals surface area contributed by atoms with Gasteiger partial charge < -0.3 is 9.73 Å². The molecule has 0 aliphatic heterocycles. The zero-order valence-corrected chi connectivity index (χ0v) is 13.4. The molecular weight excluding hydrogens is 326 g/mol. The Kier molecular flexibility index (Phi) is 5.08. The molecule has 0 aliphatic rings. The van der Waals surface area contributed by atoms with E-state index in [-0.39, 0.29) is 0 Å². The van der Waals surface area contributed by atoms with E-state index in [2.05, 4.69) is 35.1 Å². The van der Waals surface area contributed by atoms with Gasteiger partial charge >= 0.3 is 0 Å². The van der Waals surface area contributed by atoms with E-state index in [1.807, 2.05) is 30.3 Å². The molecule has 0 amide bonds. The van der Waals surface area contributed by atoms with Crippen molar-refractivity contribution in [2.75, 3.05) is 6.54 Å². The number of nitrogens with one attached hydrogen (secondary N) is 1. The highest BCUT2D eigenvalue weighted by Crippen LogP contribution is 2.32. The lowest BCUT2D eigenvalue weighted by molar-refractivity contribution is 0.470. The lowest BCUT2D eigenvalue weighted by Crippen LogP contribution is -2.27. The summed E-state index contributed by atoms with van der Waals surface area (Å²) in [7, 11) is 0. The number of halogens is 2. The second-order valence-corrected chi connectivity index (χ2v) is 5.88. The predicted octanol–water partition coefficient (Wildman–Crippen LogP) is 4.90. The number of rotatable bonds is 5. The van der Waals surface area contributed by atoms with Crippen LogP contribution in [-0.4, -0.2) is 12.6 Å². The van der Waals surface area contributed by atoms with Crippen molar-refractivity contribution in [2.24, 2.45) is 0 Å². The highest BCUT2D eigenvalue weighted by atomic mass is 79.9. The van der Waals surface area contributed by atoms with Crippen molar-refractivity contribution in [1.29, 1.82) is 0 Å². The van der Waals surface area contributed by atoms with Gasteiger partial charge in [-0.25, -0.2) is 0 Å². The molecule has 4 heteroatoms. The van der Waals surface area contributed by atoms with Crippen LogP contribution >= 0.6 is 27.5 Å². The fourth-order valence-corrected chi connectivity index (χ4v) is 2.61. The van der Waals surface area contributed by atoms with Crippen LogP contribution in [-0.2, 0) is 6.42 Å². The molecule has 0 fully saturated rings.